The second kappa shape index (κ2) is 7.57. The van der Waals surface area contributed by atoms with Gasteiger partial charge in [0, 0.05) is 20.1 Å². The Morgan fingerprint density at radius 2 is 2.11 bits per heavy atom. The summed E-state index contributed by atoms with van der Waals surface area (Å²) in [4.78, 5) is 38.3. The molecule has 0 bridgehead atoms. The average molecular weight is 394 g/mol. The number of carbonyl (C=O) groups excluding carboxylic acids is 2. The molecule has 0 aromatic heterocycles. The van der Waals surface area contributed by atoms with Gasteiger partial charge in [-0.1, -0.05) is 12.1 Å². The largest absolute Gasteiger partial charge is 0.481 e. The summed E-state index contributed by atoms with van der Waals surface area (Å²) in [6, 6.07) is 5.83. The lowest BCUT2D eigenvalue weighted by Gasteiger charge is -2.38. The maximum absolute atomic E-state index is 12.8. The van der Waals surface area contributed by atoms with E-state index >= 15 is 0 Å². The lowest BCUT2D eigenvalue weighted by molar-refractivity contribution is -0.151. The minimum Gasteiger partial charge on any atom is -0.481 e. The standard InChI is InChI=1S/C19H20F2N2O5/c1-22-15(24)14-8-19(17(26)27,12-5-6-12)10-23(16(14)25)9-11-3-2-4-13(7-11)28-18(20)21/h2-4,7-8,12,18H,5-6,9-10H2,1H3,(H,22,24)(H,26,27). The number of amides is 2. The highest BCUT2D eigenvalue weighted by Gasteiger charge is 2.54. The van der Waals surface area contributed by atoms with Crippen LogP contribution in [0.15, 0.2) is 35.9 Å². The molecule has 0 radical (unpaired) electrons. The van der Waals surface area contributed by atoms with Gasteiger partial charge in [-0.25, -0.2) is 0 Å². The predicted molar refractivity (Wildman–Crippen MR) is 93.4 cm³/mol. The molecule has 1 fully saturated rings. The number of halogens is 2. The van der Waals surface area contributed by atoms with Crippen LogP contribution in [0.3, 0.4) is 0 Å². The Labute approximate surface area is 160 Å². The zero-order valence-corrected chi connectivity index (χ0v) is 15.2. The predicted octanol–water partition coefficient (Wildman–Crippen LogP) is 1.78. The number of carboxylic acid groups (broad SMARTS) is 1. The molecule has 1 aliphatic heterocycles. The van der Waals surface area contributed by atoms with Gasteiger partial charge >= 0.3 is 12.6 Å². The molecule has 2 aliphatic rings. The van der Waals surface area contributed by atoms with E-state index in [9.17, 15) is 28.3 Å². The first-order valence-electron chi connectivity index (χ1n) is 8.78. The molecule has 150 valence electrons. The minimum absolute atomic E-state index is 0.0324. The second-order valence-electron chi connectivity index (χ2n) is 6.94. The molecule has 1 heterocycles. The Balaban J connectivity index is 1.93. The van der Waals surface area contributed by atoms with E-state index in [1.165, 1.54) is 36.2 Å². The van der Waals surface area contributed by atoms with Gasteiger partial charge in [-0.15, -0.1) is 0 Å². The maximum atomic E-state index is 12.8. The molecule has 1 unspecified atom stereocenters. The SMILES string of the molecule is CNC(=O)C1=CC(C(=O)O)(C2CC2)CN(Cc2cccc(OC(F)F)c2)C1=O. The van der Waals surface area contributed by atoms with Crippen molar-refractivity contribution in [1.82, 2.24) is 10.2 Å². The Morgan fingerprint density at radius 1 is 1.39 bits per heavy atom. The van der Waals surface area contributed by atoms with Gasteiger partial charge in [0.1, 0.15) is 16.7 Å². The molecule has 3 rings (SSSR count). The van der Waals surface area contributed by atoms with Crippen LogP contribution in [0.4, 0.5) is 8.78 Å². The van der Waals surface area contributed by atoms with Crippen molar-refractivity contribution < 1.29 is 33.0 Å². The molecule has 2 N–H and O–H groups in total. The molecule has 1 aliphatic carbocycles. The smallest absolute Gasteiger partial charge is 0.387 e. The van der Waals surface area contributed by atoms with Crippen LogP contribution in [0, 0.1) is 11.3 Å². The van der Waals surface area contributed by atoms with E-state index in [4.69, 9.17) is 0 Å². The summed E-state index contributed by atoms with van der Waals surface area (Å²) in [5.41, 5.74) is -1.07. The third kappa shape index (κ3) is 3.83. The monoisotopic (exact) mass is 394 g/mol. The lowest BCUT2D eigenvalue weighted by Crippen LogP contribution is -2.52. The number of carboxylic acids is 1. The number of nitrogens with zero attached hydrogens (tertiary/aromatic N) is 1. The van der Waals surface area contributed by atoms with E-state index in [0.29, 0.717) is 18.4 Å². The molecule has 2 amide bonds. The van der Waals surface area contributed by atoms with Gasteiger partial charge in [0.15, 0.2) is 0 Å². The summed E-state index contributed by atoms with van der Waals surface area (Å²) in [6.45, 7) is -3.11. The van der Waals surface area contributed by atoms with Crippen LogP contribution in [0.2, 0.25) is 0 Å². The minimum atomic E-state index is -2.98. The van der Waals surface area contributed by atoms with Gasteiger partial charge < -0.3 is 20.1 Å². The fourth-order valence-corrected chi connectivity index (χ4v) is 3.54. The van der Waals surface area contributed by atoms with Crippen LogP contribution in [-0.2, 0) is 20.9 Å². The van der Waals surface area contributed by atoms with Gasteiger partial charge in [0.25, 0.3) is 11.8 Å². The van der Waals surface area contributed by atoms with Crippen LogP contribution in [0.5, 0.6) is 5.75 Å². The third-order valence-corrected chi connectivity index (χ3v) is 5.04. The molecule has 1 saturated carbocycles. The molecular formula is C19H20F2N2O5. The van der Waals surface area contributed by atoms with Crippen LogP contribution in [0.25, 0.3) is 0 Å². The van der Waals surface area contributed by atoms with Gasteiger partial charge in [-0.3, -0.25) is 14.4 Å². The van der Waals surface area contributed by atoms with Crippen molar-refractivity contribution >= 4 is 17.8 Å². The van der Waals surface area contributed by atoms with E-state index in [-0.39, 0.29) is 30.3 Å². The van der Waals surface area contributed by atoms with E-state index in [2.05, 4.69) is 10.1 Å². The molecule has 0 saturated heterocycles. The zero-order chi connectivity index (χ0) is 20.5. The fraction of sp³-hybridized carbons (Fsp3) is 0.421. The quantitative estimate of drug-likeness (QED) is 0.688. The Hall–Kier alpha value is -2.97. The number of alkyl halides is 2. The Bertz CT molecular complexity index is 837. The third-order valence-electron chi connectivity index (χ3n) is 5.04. The van der Waals surface area contributed by atoms with E-state index in [1.54, 1.807) is 6.07 Å². The lowest BCUT2D eigenvalue weighted by atomic mass is 9.77. The Kier molecular flexibility index (Phi) is 5.35. The first-order chi connectivity index (χ1) is 13.3. The highest BCUT2D eigenvalue weighted by atomic mass is 19.3. The van der Waals surface area contributed by atoms with Crippen LogP contribution >= 0.6 is 0 Å². The number of nitrogens with one attached hydrogen (secondary N) is 1. The second-order valence-corrected chi connectivity index (χ2v) is 6.94. The van der Waals surface area contributed by atoms with E-state index in [1.807, 2.05) is 0 Å². The van der Waals surface area contributed by atoms with Crippen LogP contribution in [-0.4, -0.2) is 48.0 Å². The molecule has 28 heavy (non-hydrogen) atoms. The number of rotatable bonds is 7. The first-order valence-corrected chi connectivity index (χ1v) is 8.78. The number of hydrogen-bond acceptors (Lipinski definition) is 4. The molecule has 0 spiro atoms. The van der Waals surface area contributed by atoms with E-state index < -0.39 is 29.8 Å². The van der Waals surface area contributed by atoms with Crippen molar-refractivity contribution in [1.29, 1.82) is 0 Å². The zero-order valence-electron chi connectivity index (χ0n) is 15.2. The van der Waals surface area contributed by atoms with Crippen molar-refractivity contribution in [3.05, 3.63) is 41.5 Å². The van der Waals surface area contributed by atoms with Crippen LogP contribution in [0.1, 0.15) is 18.4 Å². The van der Waals surface area contributed by atoms with Gasteiger partial charge in [0.2, 0.25) is 0 Å². The molecule has 1 atom stereocenters. The average Bonchev–Trinajstić information content (AvgIpc) is 3.48. The summed E-state index contributed by atoms with van der Waals surface area (Å²) in [7, 11) is 1.36. The van der Waals surface area contributed by atoms with Crippen molar-refractivity contribution in [2.24, 2.45) is 11.3 Å². The molecular weight excluding hydrogens is 374 g/mol. The number of likely N-dealkylation sites (N-methyl/N-ethyl adjacent to an activating group) is 1. The number of ether oxygens (including phenoxy) is 1. The maximum Gasteiger partial charge on any atom is 0.387 e. The van der Waals surface area contributed by atoms with Gasteiger partial charge in [0.05, 0.1) is 0 Å². The summed E-state index contributed by atoms with van der Waals surface area (Å²) in [5, 5.41) is 12.2. The molecule has 7 nitrogen and oxygen atoms in total. The highest BCUT2D eigenvalue weighted by molar-refractivity contribution is 6.19. The number of aliphatic carboxylic acids is 1. The fourth-order valence-electron chi connectivity index (χ4n) is 3.54. The number of hydrogen-bond donors (Lipinski definition) is 2. The Morgan fingerprint density at radius 3 is 2.68 bits per heavy atom. The van der Waals surface area contributed by atoms with Crippen molar-refractivity contribution in [2.45, 2.75) is 26.0 Å². The van der Waals surface area contributed by atoms with Crippen molar-refractivity contribution in [3.63, 3.8) is 0 Å². The number of carbonyl (C=O) groups is 3. The first kappa shape index (κ1) is 19.8. The summed E-state index contributed by atoms with van der Waals surface area (Å²) in [5.74, 6) is -2.57. The summed E-state index contributed by atoms with van der Waals surface area (Å²) >= 11 is 0. The number of benzene rings is 1. The molecule has 1 aromatic rings. The molecule has 9 heteroatoms. The highest BCUT2D eigenvalue weighted by Crippen LogP contribution is 2.49. The summed E-state index contributed by atoms with van der Waals surface area (Å²) in [6.07, 6.45) is 2.67. The van der Waals surface area contributed by atoms with Crippen LogP contribution < -0.4 is 10.1 Å². The summed E-state index contributed by atoms with van der Waals surface area (Å²) < 4.78 is 29.2. The van der Waals surface area contributed by atoms with Crippen molar-refractivity contribution in [3.8, 4) is 5.75 Å². The van der Waals surface area contributed by atoms with E-state index in [0.717, 1.165) is 0 Å². The molecule has 1 aromatic carbocycles. The van der Waals surface area contributed by atoms with Gasteiger partial charge in [-0.05, 0) is 42.5 Å². The normalized spacial score (nSPS) is 22.1. The van der Waals surface area contributed by atoms with Crippen molar-refractivity contribution in [2.75, 3.05) is 13.6 Å². The van der Waals surface area contributed by atoms with Gasteiger partial charge in [-0.2, -0.15) is 8.78 Å². The topological polar surface area (TPSA) is 95.9 Å².